The summed E-state index contributed by atoms with van der Waals surface area (Å²) in [6, 6.07) is 0. The lowest BCUT2D eigenvalue weighted by atomic mass is 10.2. The molecule has 0 fully saturated rings. The molecular weight excluding hydrogens is 172 g/mol. The van der Waals surface area contributed by atoms with Gasteiger partial charge in [0.2, 0.25) is 0 Å². The number of carbonyl (C=O) groups excluding carboxylic acids is 2. The molecule has 0 saturated carbocycles. The van der Waals surface area contributed by atoms with Crippen LogP contribution < -0.4 is 0 Å². The van der Waals surface area contributed by atoms with Crippen molar-refractivity contribution in [2.45, 2.75) is 12.8 Å². The summed E-state index contributed by atoms with van der Waals surface area (Å²) >= 11 is 0. The van der Waals surface area contributed by atoms with Gasteiger partial charge in [-0.1, -0.05) is 6.08 Å². The normalized spacial score (nSPS) is 9.31. The molecule has 0 aromatic rings. The number of esters is 1. The Morgan fingerprint density at radius 1 is 1.46 bits per heavy atom. The first kappa shape index (κ1) is 11.8. The van der Waals surface area contributed by atoms with E-state index in [1.54, 1.807) is 6.08 Å². The number of hydrogen-bond acceptors (Lipinski definition) is 4. The van der Waals surface area contributed by atoms with Gasteiger partial charge in [0, 0.05) is 6.42 Å². The van der Waals surface area contributed by atoms with Crippen LogP contribution in [0.2, 0.25) is 0 Å². The van der Waals surface area contributed by atoms with Crippen molar-refractivity contribution in [3.63, 3.8) is 0 Å². The lowest BCUT2D eigenvalue weighted by Gasteiger charge is -2.00. The summed E-state index contributed by atoms with van der Waals surface area (Å²) in [4.78, 5) is 21.6. The third-order valence-electron chi connectivity index (χ3n) is 1.33. The molecule has 0 radical (unpaired) electrons. The van der Waals surface area contributed by atoms with Crippen LogP contribution in [0.3, 0.4) is 0 Å². The lowest BCUT2D eigenvalue weighted by molar-refractivity contribution is -0.143. The van der Waals surface area contributed by atoms with E-state index >= 15 is 0 Å². The predicted molar refractivity (Wildman–Crippen MR) is 47.3 cm³/mol. The second kappa shape index (κ2) is 7.49. The summed E-state index contributed by atoms with van der Waals surface area (Å²) in [5.41, 5.74) is 0. The smallest absolute Gasteiger partial charge is 0.313 e. The highest BCUT2D eigenvalue weighted by Crippen LogP contribution is 1.93. The van der Waals surface area contributed by atoms with Gasteiger partial charge in [0.05, 0.1) is 20.3 Å². The van der Waals surface area contributed by atoms with Crippen LogP contribution in [0.1, 0.15) is 12.8 Å². The molecule has 0 aliphatic rings. The molecule has 0 aromatic heterocycles. The van der Waals surface area contributed by atoms with Crippen LogP contribution in [0.25, 0.3) is 0 Å². The first-order chi connectivity index (χ1) is 6.20. The van der Waals surface area contributed by atoms with Crippen molar-refractivity contribution in [1.29, 1.82) is 0 Å². The molecule has 0 saturated heterocycles. The number of carbonyl (C=O) groups is 2. The Bertz CT molecular complexity index is 186. The highest BCUT2D eigenvalue weighted by Gasteiger charge is 2.08. The van der Waals surface area contributed by atoms with Gasteiger partial charge >= 0.3 is 5.97 Å². The van der Waals surface area contributed by atoms with Crippen molar-refractivity contribution in [1.82, 2.24) is 0 Å². The average molecular weight is 186 g/mol. The first-order valence-corrected chi connectivity index (χ1v) is 3.98. The van der Waals surface area contributed by atoms with Crippen LogP contribution in [0, 0.1) is 0 Å². The Morgan fingerprint density at radius 3 is 2.69 bits per heavy atom. The van der Waals surface area contributed by atoms with Crippen molar-refractivity contribution in [3.8, 4) is 0 Å². The molecule has 0 spiro atoms. The Balaban J connectivity index is 3.40. The van der Waals surface area contributed by atoms with Gasteiger partial charge in [-0.2, -0.15) is 0 Å². The minimum absolute atomic E-state index is 0.170. The maximum Gasteiger partial charge on any atom is 0.313 e. The Hall–Kier alpha value is -1.16. The van der Waals surface area contributed by atoms with Gasteiger partial charge in [-0.15, -0.1) is 6.58 Å². The van der Waals surface area contributed by atoms with Gasteiger partial charge in [-0.3, -0.25) is 9.59 Å². The van der Waals surface area contributed by atoms with E-state index in [2.05, 4.69) is 11.3 Å². The highest BCUT2D eigenvalue weighted by molar-refractivity contribution is 5.95. The van der Waals surface area contributed by atoms with Crippen molar-refractivity contribution in [2.75, 3.05) is 20.3 Å². The molecule has 0 atom stereocenters. The fourth-order valence-corrected chi connectivity index (χ4v) is 0.674. The Labute approximate surface area is 77.5 Å². The van der Waals surface area contributed by atoms with Crippen molar-refractivity contribution in [2.24, 2.45) is 0 Å². The van der Waals surface area contributed by atoms with Gasteiger partial charge in [0.25, 0.3) is 0 Å². The maximum atomic E-state index is 11.0. The minimum atomic E-state index is -0.506. The van der Waals surface area contributed by atoms with E-state index in [-0.39, 0.29) is 18.6 Å². The molecule has 0 rings (SSSR count). The monoisotopic (exact) mass is 186 g/mol. The molecule has 13 heavy (non-hydrogen) atoms. The van der Waals surface area contributed by atoms with Crippen LogP contribution in [-0.4, -0.2) is 32.1 Å². The summed E-state index contributed by atoms with van der Waals surface area (Å²) in [6.45, 7) is 4.20. The molecule has 0 N–H and O–H groups in total. The van der Waals surface area contributed by atoms with E-state index in [9.17, 15) is 9.59 Å². The first-order valence-electron chi connectivity index (χ1n) is 3.98. The predicted octanol–water partition coefficient (Wildman–Crippen LogP) is 0.711. The minimum Gasteiger partial charge on any atom is -0.469 e. The number of ether oxygens (including phenoxy) is 2. The topological polar surface area (TPSA) is 52.6 Å². The molecule has 0 aromatic carbocycles. The molecule has 4 heteroatoms. The van der Waals surface area contributed by atoms with Crippen LogP contribution >= 0.6 is 0 Å². The second-order valence-corrected chi connectivity index (χ2v) is 2.41. The number of rotatable bonds is 7. The third-order valence-corrected chi connectivity index (χ3v) is 1.33. The molecular formula is C9H14O4. The molecule has 0 amide bonds. The molecule has 0 unspecified atom stereocenters. The average Bonchev–Trinajstić information content (AvgIpc) is 2.12. The largest absolute Gasteiger partial charge is 0.469 e. The summed E-state index contributed by atoms with van der Waals surface area (Å²) in [7, 11) is 1.25. The fourth-order valence-electron chi connectivity index (χ4n) is 0.674. The number of ketones is 1. The highest BCUT2D eigenvalue weighted by atomic mass is 16.5. The molecule has 0 aliphatic heterocycles. The summed E-state index contributed by atoms with van der Waals surface area (Å²) in [5, 5.41) is 0. The van der Waals surface area contributed by atoms with Crippen LogP contribution in [-0.2, 0) is 19.1 Å². The molecule has 0 bridgehead atoms. The second-order valence-electron chi connectivity index (χ2n) is 2.41. The zero-order chi connectivity index (χ0) is 10.1. The van der Waals surface area contributed by atoms with Gasteiger partial charge in [0.1, 0.15) is 12.2 Å². The van der Waals surface area contributed by atoms with E-state index < -0.39 is 5.97 Å². The molecule has 0 aliphatic carbocycles. The number of methoxy groups -OCH3 is 1. The maximum absolute atomic E-state index is 11.0. The Kier molecular flexibility index (Phi) is 6.82. The molecule has 74 valence electrons. The van der Waals surface area contributed by atoms with Crippen molar-refractivity contribution >= 4 is 11.8 Å². The van der Waals surface area contributed by atoms with E-state index in [0.29, 0.717) is 13.2 Å². The lowest BCUT2D eigenvalue weighted by Crippen LogP contribution is -2.11. The van der Waals surface area contributed by atoms with Crippen molar-refractivity contribution in [3.05, 3.63) is 12.7 Å². The zero-order valence-electron chi connectivity index (χ0n) is 7.75. The van der Waals surface area contributed by atoms with E-state index in [1.807, 2.05) is 0 Å². The van der Waals surface area contributed by atoms with Gasteiger partial charge in [-0.05, 0) is 0 Å². The number of hydrogen-bond donors (Lipinski definition) is 0. The summed E-state index contributed by atoms with van der Waals surface area (Å²) in [6.07, 6.45) is 1.67. The van der Waals surface area contributed by atoms with Crippen LogP contribution in [0.4, 0.5) is 0 Å². The standard InChI is InChI=1S/C9H14O4/c1-3-5-13-6-4-8(10)7-9(11)12-2/h3H,1,4-7H2,2H3. The van der Waals surface area contributed by atoms with E-state index in [0.717, 1.165) is 0 Å². The molecule has 4 nitrogen and oxygen atoms in total. The summed E-state index contributed by atoms with van der Waals surface area (Å²) in [5.74, 6) is -0.676. The van der Waals surface area contributed by atoms with Gasteiger partial charge < -0.3 is 9.47 Å². The van der Waals surface area contributed by atoms with Gasteiger partial charge in [0.15, 0.2) is 0 Å². The third kappa shape index (κ3) is 7.21. The fraction of sp³-hybridized carbons (Fsp3) is 0.556. The van der Waals surface area contributed by atoms with Crippen LogP contribution in [0.15, 0.2) is 12.7 Å². The summed E-state index contributed by atoms with van der Waals surface area (Å²) < 4.78 is 9.31. The zero-order valence-corrected chi connectivity index (χ0v) is 7.75. The van der Waals surface area contributed by atoms with Gasteiger partial charge in [-0.25, -0.2) is 0 Å². The van der Waals surface area contributed by atoms with Crippen LogP contribution in [0.5, 0.6) is 0 Å². The Morgan fingerprint density at radius 2 is 2.15 bits per heavy atom. The number of Topliss-reactive ketones (excluding diaryl/α,β-unsaturated/α-hetero) is 1. The van der Waals surface area contributed by atoms with Crippen molar-refractivity contribution < 1.29 is 19.1 Å². The van der Waals surface area contributed by atoms with E-state index in [4.69, 9.17) is 4.74 Å². The molecule has 0 heterocycles. The SMILES string of the molecule is C=CCOCCC(=O)CC(=O)OC. The quantitative estimate of drug-likeness (QED) is 0.254. The van der Waals surface area contributed by atoms with E-state index in [1.165, 1.54) is 7.11 Å².